The minimum Gasteiger partial charge on any atom is -0.341 e. The van der Waals surface area contributed by atoms with Gasteiger partial charge in [-0.2, -0.15) is 0 Å². The smallest absolute Gasteiger partial charge is 0.235 e. The molecule has 1 aromatic heterocycles. The molecule has 1 aliphatic rings. The van der Waals surface area contributed by atoms with Crippen molar-refractivity contribution in [3.8, 4) is 0 Å². The first-order valence-corrected chi connectivity index (χ1v) is 10.8. The molecule has 1 aliphatic heterocycles. The molecule has 1 fully saturated rings. The summed E-state index contributed by atoms with van der Waals surface area (Å²) in [6.07, 6.45) is 3.38. The quantitative estimate of drug-likeness (QED) is 0.803. The van der Waals surface area contributed by atoms with E-state index in [1.165, 1.54) is 5.56 Å². The highest BCUT2D eigenvalue weighted by molar-refractivity contribution is 7.99. The van der Waals surface area contributed by atoms with Crippen molar-refractivity contribution >= 4 is 29.4 Å². The Morgan fingerprint density at radius 2 is 2.04 bits per heavy atom. The van der Waals surface area contributed by atoms with Crippen molar-refractivity contribution in [3.63, 3.8) is 0 Å². The van der Waals surface area contributed by atoms with Crippen LogP contribution in [0, 0.1) is 12.8 Å². The van der Waals surface area contributed by atoms with Crippen LogP contribution >= 0.6 is 11.8 Å². The molecule has 0 saturated carbocycles. The lowest BCUT2D eigenvalue weighted by Crippen LogP contribution is -2.46. The van der Waals surface area contributed by atoms with E-state index in [4.69, 9.17) is 0 Å². The molecule has 3 rings (SSSR count). The summed E-state index contributed by atoms with van der Waals surface area (Å²) >= 11 is 1.64. The van der Waals surface area contributed by atoms with Crippen molar-refractivity contribution in [2.75, 3.05) is 18.4 Å². The van der Waals surface area contributed by atoms with Gasteiger partial charge in [0.2, 0.25) is 11.8 Å². The number of nitrogens with one attached hydrogen (secondary N) is 1. The number of thioether (sulfide) groups is 1. The fourth-order valence-electron chi connectivity index (χ4n) is 3.29. The van der Waals surface area contributed by atoms with Gasteiger partial charge in [-0.3, -0.25) is 9.59 Å². The molecule has 2 heterocycles. The average Bonchev–Trinajstić information content (AvgIpc) is 2.74. The van der Waals surface area contributed by atoms with E-state index in [0.717, 1.165) is 30.7 Å². The Balaban J connectivity index is 1.52. The normalized spacial score (nSPS) is 17.8. The number of pyridine rings is 1. The summed E-state index contributed by atoms with van der Waals surface area (Å²) in [5.74, 6) is 1.24. The maximum atomic E-state index is 12.8. The predicted octanol–water partition coefficient (Wildman–Crippen LogP) is 3.89. The minimum absolute atomic E-state index is 0.0570. The Kier molecular flexibility index (Phi) is 7.09. The van der Waals surface area contributed by atoms with E-state index in [-0.39, 0.29) is 23.0 Å². The lowest BCUT2D eigenvalue weighted by Gasteiger charge is -2.33. The summed E-state index contributed by atoms with van der Waals surface area (Å²) in [6, 6.07) is 13.9. The predicted molar refractivity (Wildman–Crippen MR) is 114 cm³/mol. The Bertz CT molecular complexity index is 795. The van der Waals surface area contributed by atoms with Gasteiger partial charge in [0.15, 0.2) is 0 Å². The molecule has 0 spiro atoms. The fourth-order valence-corrected chi connectivity index (χ4v) is 4.21. The molecule has 2 amide bonds. The Labute approximate surface area is 170 Å². The monoisotopic (exact) mass is 397 g/mol. The van der Waals surface area contributed by atoms with Crippen molar-refractivity contribution < 1.29 is 9.59 Å². The molecule has 0 aliphatic carbocycles. The van der Waals surface area contributed by atoms with Gasteiger partial charge in [0, 0.05) is 25.0 Å². The summed E-state index contributed by atoms with van der Waals surface area (Å²) in [5.41, 5.74) is 2.27. The van der Waals surface area contributed by atoms with Crippen LogP contribution in [-0.2, 0) is 15.3 Å². The third kappa shape index (κ3) is 5.58. The van der Waals surface area contributed by atoms with E-state index < -0.39 is 0 Å². The van der Waals surface area contributed by atoms with Gasteiger partial charge >= 0.3 is 0 Å². The van der Waals surface area contributed by atoms with Crippen molar-refractivity contribution in [2.24, 2.45) is 5.92 Å². The van der Waals surface area contributed by atoms with Crippen LogP contribution in [0.15, 0.2) is 48.7 Å². The van der Waals surface area contributed by atoms with Crippen LogP contribution in [0.25, 0.3) is 0 Å². The van der Waals surface area contributed by atoms with E-state index in [1.54, 1.807) is 24.0 Å². The van der Waals surface area contributed by atoms with Gasteiger partial charge in [-0.15, -0.1) is 11.8 Å². The molecule has 6 heteroatoms. The summed E-state index contributed by atoms with van der Waals surface area (Å²) < 4.78 is 0. The Hall–Kier alpha value is -2.34. The maximum Gasteiger partial charge on any atom is 0.235 e. The summed E-state index contributed by atoms with van der Waals surface area (Å²) in [5, 5.41) is 2.76. The number of aromatic nitrogens is 1. The Morgan fingerprint density at radius 1 is 1.25 bits per heavy atom. The first kappa shape index (κ1) is 20.4. The molecule has 1 saturated heterocycles. The van der Waals surface area contributed by atoms with Gasteiger partial charge in [0.1, 0.15) is 5.82 Å². The zero-order chi connectivity index (χ0) is 19.9. The largest absolute Gasteiger partial charge is 0.341 e. The number of carbonyl (C=O) groups is 2. The number of likely N-dealkylation sites (tertiary alicyclic amines) is 1. The second-order valence-electron chi connectivity index (χ2n) is 7.27. The van der Waals surface area contributed by atoms with Gasteiger partial charge in [0.05, 0.1) is 11.2 Å². The topological polar surface area (TPSA) is 62.3 Å². The van der Waals surface area contributed by atoms with Crippen molar-refractivity contribution in [3.05, 3.63) is 59.8 Å². The van der Waals surface area contributed by atoms with Crippen molar-refractivity contribution in [1.29, 1.82) is 0 Å². The van der Waals surface area contributed by atoms with Crippen LogP contribution < -0.4 is 5.32 Å². The number of amides is 2. The zero-order valence-electron chi connectivity index (χ0n) is 16.4. The van der Waals surface area contributed by atoms with E-state index in [1.807, 2.05) is 43.0 Å². The Morgan fingerprint density at radius 3 is 2.75 bits per heavy atom. The first-order valence-electron chi connectivity index (χ1n) is 9.71. The van der Waals surface area contributed by atoms with Crippen molar-refractivity contribution in [1.82, 2.24) is 9.88 Å². The van der Waals surface area contributed by atoms with Crippen LogP contribution in [0.3, 0.4) is 0 Å². The molecule has 1 aromatic carbocycles. The van der Waals surface area contributed by atoms with Gasteiger partial charge in [0.25, 0.3) is 0 Å². The first-order chi connectivity index (χ1) is 13.5. The summed E-state index contributed by atoms with van der Waals surface area (Å²) in [6.45, 7) is 5.12. The highest BCUT2D eigenvalue weighted by atomic mass is 32.2. The number of aryl methyl sites for hydroxylation is 1. The lowest BCUT2D eigenvalue weighted by atomic mass is 9.97. The highest BCUT2D eigenvalue weighted by Gasteiger charge is 2.30. The third-order valence-electron chi connectivity index (χ3n) is 4.96. The second-order valence-corrected chi connectivity index (χ2v) is 8.60. The van der Waals surface area contributed by atoms with Gasteiger partial charge in [-0.1, -0.05) is 36.4 Å². The van der Waals surface area contributed by atoms with Crippen LogP contribution in [-0.4, -0.2) is 40.0 Å². The highest BCUT2D eigenvalue weighted by Crippen LogP contribution is 2.23. The number of benzene rings is 1. The van der Waals surface area contributed by atoms with Crippen LogP contribution in [0.5, 0.6) is 0 Å². The van der Waals surface area contributed by atoms with E-state index in [2.05, 4.69) is 22.4 Å². The molecule has 0 bridgehead atoms. The molecular weight excluding hydrogens is 370 g/mol. The van der Waals surface area contributed by atoms with E-state index in [0.29, 0.717) is 12.4 Å². The fraction of sp³-hybridized carbons (Fsp3) is 0.409. The average molecular weight is 398 g/mol. The maximum absolute atomic E-state index is 12.8. The molecule has 1 N–H and O–H groups in total. The number of anilines is 1. The number of rotatable bonds is 6. The van der Waals surface area contributed by atoms with E-state index >= 15 is 0 Å². The number of nitrogens with zero attached hydrogens (tertiary/aromatic N) is 2. The molecule has 148 valence electrons. The SMILES string of the molecule is Cc1ccc(NC(=O)[C@H]2CCCN(C(=O)[C@H](C)SCc3ccccc3)C2)nc1. The zero-order valence-corrected chi connectivity index (χ0v) is 17.2. The van der Waals surface area contributed by atoms with Crippen LogP contribution in [0.1, 0.15) is 30.9 Å². The number of carbonyl (C=O) groups excluding carboxylic acids is 2. The van der Waals surface area contributed by atoms with Gasteiger partial charge < -0.3 is 10.2 Å². The van der Waals surface area contributed by atoms with E-state index in [9.17, 15) is 9.59 Å². The molecule has 2 atom stereocenters. The molecular formula is C22H27N3O2S. The molecule has 0 radical (unpaired) electrons. The minimum atomic E-state index is -0.188. The molecule has 2 aromatic rings. The number of hydrogen-bond acceptors (Lipinski definition) is 4. The second kappa shape index (κ2) is 9.73. The number of piperidine rings is 1. The van der Waals surface area contributed by atoms with Crippen LogP contribution in [0.4, 0.5) is 5.82 Å². The molecule has 28 heavy (non-hydrogen) atoms. The van der Waals surface area contributed by atoms with Crippen LogP contribution in [0.2, 0.25) is 0 Å². The van der Waals surface area contributed by atoms with Gasteiger partial charge in [-0.05, 0) is 43.9 Å². The van der Waals surface area contributed by atoms with Gasteiger partial charge in [-0.25, -0.2) is 4.98 Å². The molecule has 5 nitrogen and oxygen atoms in total. The van der Waals surface area contributed by atoms with Crippen molar-refractivity contribution in [2.45, 2.75) is 37.7 Å². The standard InChI is InChI=1S/C22H27N3O2S/c1-16-10-11-20(23-13-16)24-21(26)19-9-6-12-25(14-19)22(27)17(2)28-15-18-7-4-3-5-8-18/h3-5,7-8,10-11,13,17,19H,6,9,12,14-15H2,1-2H3,(H,23,24,26)/t17-,19-/m0/s1. The lowest BCUT2D eigenvalue weighted by molar-refractivity contribution is -0.133. The number of hydrogen-bond donors (Lipinski definition) is 1. The summed E-state index contributed by atoms with van der Waals surface area (Å²) in [4.78, 5) is 31.5. The molecule has 0 unspecified atom stereocenters. The third-order valence-corrected chi connectivity index (χ3v) is 6.16. The summed E-state index contributed by atoms with van der Waals surface area (Å²) in [7, 11) is 0.